The van der Waals surface area contributed by atoms with Gasteiger partial charge in [0.05, 0.1) is 0 Å². The third-order valence-electron chi connectivity index (χ3n) is 2.68. The highest BCUT2D eigenvalue weighted by molar-refractivity contribution is 5.94. The van der Waals surface area contributed by atoms with Gasteiger partial charge in [-0.05, 0) is 32.0 Å². The van der Waals surface area contributed by atoms with Crippen LogP contribution in [0, 0.1) is 6.92 Å². The van der Waals surface area contributed by atoms with Crippen molar-refractivity contribution >= 4 is 5.91 Å². The molecule has 3 heteroatoms. The third-order valence-corrected chi connectivity index (χ3v) is 2.68. The van der Waals surface area contributed by atoms with Crippen molar-refractivity contribution < 1.29 is 4.79 Å². The summed E-state index contributed by atoms with van der Waals surface area (Å²) in [6.45, 7) is 3.88. The maximum absolute atomic E-state index is 11.8. The van der Waals surface area contributed by atoms with Crippen molar-refractivity contribution in [2.75, 3.05) is 13.1 Å². The quantitative estimate of drug-likeness (QED) is 0.757. The van der Waals surface area contributed by atoms with Crippen LogP contribution in [0.15, 0.2) is 24.3 Å². The van der Waals surface area contributed by atoms with Gasteiger partial charge in [-0.15, -0.1) is 0 Å². The summed E-state index contributed by atoms with van der Waals surface area (Å²) in [5, 5.41) is 6.25. The van der Waals surface area contributed by atoms with Gasteiger partial charge in [0.2, 0.25) is 0 Å². The molecule has 15 heavy (non-hydrogen) atoms. The van der Waals surface area contributed by atoms with Crippen molar-refractivity contribution in [1.82, 2.24) is 10.6 Å². The van der Waals surface area contributed by atoms with Gasteiger partial charge in [0.1, 0.15) is 0 Å². The highest BCUT2D eigenvalue weighted by Crippen LogP contribution is 2.05. The summed E-state index contributed by atoms with van der Waals surface area (Å²) < 4.78 is 0. The van der Waals surface area contributed by atoms with Crippen LogP contribution in [0.4, 0.5) is 0 Å². The van der Waals surface area contributed by atoms with E-state index in [0.717, 1.165) is 30.6 Å². The van der Waals surface area contributed by atoms with E-state index in [9.17, 15) is 4.79 Å². The van der Waals surface area contributed by atoms with Crippen LogP contribution in [-0.2, 0) is 0 Å². The first kappa shape index (κ1) is 10.2. The topological polar surface area (TPSA) is 41.1 Å². The second-order valence-electron chi connectivity index (χ2n) is 4.03. The molecule has 1 fully saturated rings. The second-order valence-corrected chi connectivity index (χ2v) is 4.03. The molecule has 0 aliphatic carbocycles. The maximum Gasteiger partial charge on any atom is 0.251 e. The molecule has 0 saturated carbocycles. The van der Waals surface area contributed by atoms with Crippen molar-refractivity contribution in [2.24, 2.45) is 0 Å². The van der Waals surface area contributed by atoms with Crippen LogP contribution in [0.5, 0.6) is 0 Å². The molecule has 0 spiro atoms. The molecule has 1 heterocycles. The van der Waals surface area contributed by atoms with Gasteiger partial charge < -0.3 is 10.6 Å². The summed E-state index contributed by atoms with van der Waals surface area (Å²) in [5.41, 5.74) is 1.87. The molecule has 3 nitrogen and oxygen atoms in total. The molecule has 80 valence electrons. The summed E-state index contributed by atoms with van der Waals surface area (Å²) >= 11 is 0. The van der Waals surface area contributed by atoms with Crippen molar-refractivity contribution in [3.8, 4) is 0 Å². The molecule has 1 aliphatic rings. The predicted molar refractivity (Wildman–Crippen MR) is 59.9 cm³/mol. The molecule has 1 aromatic rings. The van der Waals surface area contributed by atoms with E-state index in [-0.39, 0.29) is 11.9 Å². The normalized spacial score (nSPS) is 20.2. The molecule has 1 atom stereocenters. The zero-order chi connectivity index (χ0) is 10.7. The van der Waals surface area contributed by atoms with Gasteiger partial charge >= 0.3 is 0 Å². The van der Waals surface area contributed by atoms with Gasteiger partial charge in [-0.25, -0.2) is 0 Å². The molecular weight excluding hydrogens is 188 g/mol. The average Bonchev–Trinajstić information content (AvgIpc) is 2.70. The summed E-state index contributed by atoms with van der Waals surface area (Å²) in [6.07, 6.45) is 1.03. The standard InChI is InChI=1S/C12H16N2O/c1-9-3-2-4-10(7-9)12(15)14-11-5-6-13-8-11/h2-4,7,11,13H,5-6,8H2,1H3,(H,14,15). The van der Waals surface area contributed by atoms with Crippen LogP contribution >= 0.6 is 0 Å². The minimum Gasteiger partial charge on any atom is -0.348 e. The first-order chi connectivity index (χ1) is 7.25. The number of benzene rings is 1. The van der Waals surface area contributed by atoms with Crippen LogP contribution in [-0.4, -0.2) is 25.0 Å². The monoisotopic (exact) mass is 204 g/mol. The van der Waals surface area contributed by atoms with Crippen molar-refractivity contribution in [3.05, 3.63) is 35.4 Å². The van der Waals surface area contributed by atoms with Gasteiger partial charge in [0.15, 0.2) is 0 Å². The predicted octanol–water partition coefficient (Wildman–Crippen LogP) is 1.09. The molecule has 1 aliphatic heterocycles. The molecular formula is C12H16N2O. The Kier molecular flexibility index (Phi) is 3.02. The Morgan fingerprint density at radius 3 is 3.07 bits per heavy atom. The number of hydrogen-bond acceptors (Lipinski definition) is 2. The zero-order valence-corrected chi connectivity index (χ0v) is 8.92. The molecule has 2 N–H and O–H groups in total. The molecule has 2 rings (SSSR count). The number of rotatable bonds is 2. The smallest absolute Gasteiger partial charge is 0.251 e. The van der Waals surface area contributed by atoms with E-state index in [1.165, 1.54) is 0 Å². The van der Waals surface area contributed by atoms with Gasteiger partial charge in [0, 0.05) is 18.2 Å². The number of carbonyl (C=O) groups is 1. The lowest BCUT2D eigenvalue weighted by molar-refractivity contribution is 0.0940. The van der Waals surface area contributed by atoms with Crippen molar-refractivity contribution in [1.29, 1.82) is 0 Å². The maximum atomic E-state index is 11.8. The Morgan fingerprint density at radius 1 is 1.53 bits per heavy atom. The number of carbonyl (C=O) groups excluding carboxylic acids is 1. The van der Waals surface area contributed by atoms with Gasteiger partial charge in [-0.2, -0.15) is 0 Å². The van der Waals surface area contributed by atoms with E-state index in [2.05, 4.69) is 10.6 Å². The Morgan fingerprint density at radius 2 is 2.40 bits per heavy atom. The fraction of sp³-hybridized carbons (Fsp3) is 0.417. The van der Waals surface area contributed by atoms with Gasteiger partial charge in [-0.1, -0.05) is 17.7 Å². The molecule has 1 amide bonds. The number of amides is 1. The van der Waals surface area contributed by atoms with E-state index in [4.69, 9.17) is 0 Å². The molecule has 0 aromatic heterocycles. The summed E-state index contributed by atoms with van der Waals surface area (Å²) in [5.74, 6) is 0.0346. The first-order valence-corrected chi connectivity index (χ1v) is 5.34. The van der Waals surface area contributed by atoms with Crippen LogP contribution < -0.4 is 10.6 Å². The first-order valence-electron chi connectivity index (χ1n) is 5.34. The summed E-state index contributed by atoms with van der Waals surface area (Å²) in [6, 6.07) is 7.96. The number of aryl methyl sites for hydroxylation is 1. The van der Waals surface area contributed by atoms with E-state index in [1.54, 1.807) is 0 Å². The number of hydrogen-bond donors (Lipinski definition) is 2. The minimum absolute atomic E-state index is 0.0346. The lowest BCUT2D eigenvalue weighted by atomic mass is 10.1. The Bertz CT molecular complexity index is 356. The van der Waals surface area contributed by atoms with Crippen molar-refractivity contribution in [3.63, 3.8) is 0 Å². The minimum atomic E-state index is 0.0346. The highest BCUT2D eigenvalue weighted by Gasteiger charge is 2.17. The summed E-state index contributed by atoms with van der Waals surface area (Å²) in [7, 11) is 0. The summed E-state index contributed by atoms with van der Waals surface area (Å²) in [4.78, 5) is 11.8. The SMILES string of the molecule is Cc1cccc(C(=O)NC2CCNC2)c1. The fourth-order valence-electron chi connectivity index (χ4n) is 1.83. The molecule has 1 unspecified atom stereocenters. The average molecular weight is 204 g/mol. The van der Waals surface area contributed by atoms with E-state index in [1.807, 2.05) is 31.2 Å². The van der Waals surface area contributed by atoms with Crippen LogP contribution in [0.1, 0.15) is 22.3 Å². The second kappa shape index (κ2) is 4.45. The molecule has 1 aromatic carbocycles. The van der Waals surface area contributed by atoms with Crippen molar-refractivity contribution in [2.45, 2.75) is 19.4 Å². The lowest BCUT2D eigenvalue weighted by Gasteiger charge is -2.11. The molecule has 0 bridgehead atoms. The lowest BCUT2D eigenvalue weighted by Crippen LogP contribution is -2.36. The molecule has 1 saturated heterocycles. The Hall–Kier alpha value is -1.35. The largest absolute Gasteiger partial charge is 0.348 e. The zero-order valence-electron chi connectivity index (χ0n) is 8.92. The van der Waals surface area contributed by atoms with Gasteiger partial charge in [0.25, 0.3) is 5.91 Å². The van der Waals surface area contributed by atoms with Crippen LogP contribution in [0.2, 0.25) is 0 Å². The molecule has 0 radical (unpaired) electrons. The van der Waals surface area contributed by atoms with E-state index < -0.39 is 0 Å². The third kappa shape index (κ3) is 2.57. The fourth-order valence-corrected chi connectivity index (χ4v) is 1.83. The van der Waals surface area contributed by atoms with Gasteiger partial charge in [-0.3, -0.25) is 4.79 Å². The van der Waals surface area contributed by atoms with E-state index >= 15 is 0 Å². The Balaban J connectivity index is 2.01. The number of nitrogens with one attached hydrogen (secondary N) is 2. The highest BCUT2D eigenvalue weighted by atomic mass is 16.1. The van der Waals surface area contributed by atoms with Crippen LogP contribution in [0.3, 0.4) is 0 Å². The van der Waals surface area contributed by atoms with E-state index in [0.29, 0.717) is 0 Å². The van der Waals surface area contributed by atoms with Crippen LogP contribution in [0.25, 0.3) is 0 Å². The Labute approximate surface area is 89.9 Å².